The second-order valence-electron chi connectivity index (χ2n) is 7.32. The Labute approximate surface area is 180 Å². The maximum atomic E-state index is 13.0. The molecule has 2 aromatic heterocycles. The van der Waals surface area contributed by atoms with Crippen LogP contribution in [0, 0.1) is 0 Å². The van der Waals surface area contributed by atoms with Crippen molar-refractivity contribution in [3.8, 4) is 5.75 Å². The number of fused-ring (bicyclic) bond motifs is 2. The van der Waals surface area contributed by atoms with E-state index in [0.29, 0.717) is 23.5 Å². The summed E-state index contributed by atoms with van der Waals surface area (Å²) < 4.78 is 8.10. The standard InChI is InChI=1S/C22H18N2O4S2/c25-20(24-22(21(26)27)10-5-11-22)19-18(13-6-1-3-8-15(13)30-19)28-12-17-23-14-7-2-4-9-16(14)29-17/h1-4,6-9H,5,10-12H2,(H,24,25)(H,26,27). The van der Waals surface area contributed by atoms with Crippen LogP contribution in [-0.2, 0) is 11.4 Å². The van der Waals surface area contributed by atoms with Crippen LogP contribution in [0.25, 0.3) is 20.3 Å². The van der Waals surface area contributed by atoms with E-state index in [4.69, 9.17) is 4.74 Å². The highest BCUT2D eigenvalue weighted by Gasteiger charge is 2.46. The highest BCUT2D eigenvalue weighted by molar-refractivity contribution is 7.21. The third-order valence-corrected chi connectivity index (χ3v) is 7.56. The minimum absolute atomic E-state index is 0.241. The van der Waals surface area contributed by atoms with E-state index in [2.05, 4.69) is 10.3 Å². The maximum absolute atomic E-state index is 13.0. The van der Waals surface area contributed by atoms with E-state index in [1.807, 2.05) is 48.5 Å². The van der Waals surface area contributed by atoms with Gasteiger partial charge in [0, 0.05) is 10.1 Å². The molecule has 2 N–H and O–H groups in total. The molecule has 0 aliphatic heterocycles. The summed E-state index contributed by atoms with van der Waals surface area (Å²) in [5, 5.41) is 14.0. The quantitative estimate of drug-likeness (QED) is 0.450. The van der Waals surface area contributed by atoms with Gasteiger partial charge in [0.15, 0.2) is 5.75 Å². The fourth-order valence-electron chi connectivity index (χ4n) is 3.63. The van der Waals surface area contributed by atoms with Gasteiger partial charge in [0.25, 0.3) is 5.91 Å². The number of rotatable bonds is 6. The van der Waals surface area contributed by atoms with Crippen LogP contribution in [-0.4, -0.2) is 27.5 Å². The molecule has 1 saturated carbocycles. The number of para-hydroxylation sites is 1. The lowest BCUT2D eigenvalue weighted by molar-refractivity contribution is -0.148. The SMILES string of the molecule is O=C(NC1(C(=O)O)CCC1)c1sc2ccccc2c1OCc1nc2ccccc2s1. The van der Waals surface area contributed by atoms with Gasteiger partial charge in [-0.1, -0.05) is 24.3 Å². The molecule has 1 aliphatic carbocycles. The second kappa shape index (κ2) is 7.37. The molecule has 1 aliphatic rings. The molecule has 152 valence electrons. The molecule has 4 aromatic rings. The van der Waals surface area contributed by atoms with Crippen LogP contribution in [0.4, 0.5) is 0 Å². The molecule has 2 heterocycles. The zero-order chi connectivity index (χ0) is 20.7. The summed E-state index contributed by atoms with van der Waals surface area (Å²) in [7, 11) is 0. The van der Waals surface area contributed by atoms with Gasteiger partial charge in [-0.2, -0.15) is 0 Å². The Hall–Kier alpha value is -2.97. The Kier molecular flexibility index (Phi) is 4.67. The van der Waals surface area contributed by atoms with Crippen molar-refractivity contribution >= 4 is 54.9 Å². The molecule has 0 atom stereocenters. The Balaban J connectivity index is 1.46. The highest BCUT2D eigenvalue weighted by Crippen LogP contribution is 2.40. The summed E-state index contributed by atoms with van der Waals surface area (Å²) in [5.74, 6) is -0.912. The smallest absolute Gasteiger partial charge is 0.329 e. The third-order valence-electron chi connectivity index (χ3n) is 5.40. The number of carboxylic acid groups (broad SMARTS) is 1. The predicted octanol–water partition coefficient (Wildman–Crippen LogP) is 4.83. The molecular weight excluding hydrogens is 420 g/mol. The Morgan fingerprint density at radius 1 is 1.07 bits per heavy atom. The summed E-state index contributed by atoms with van der Waals surface area (Å²) in [6, 6.07) is 15.5. The topological polar surface area (TPSA) is 88.5 Å². The molecule has 1 fully saturated rings. The van der Waals surface area contributed by atoms with Gasteiger partial charge in [-0.05, 0) is 43.5 Å². The van der Waals surface area contributed by atoms with Crippen molar-refractivity contribution in [2.45, 2.75) is 31.4 Å². The van der Waals surface area contributed by atoms with Gasteiger partial charge >= 0.3 is 5.97 Å². The molecule has 0 spiro atoms. The van der Waals surface area contributed by atoms with Gasteiger partial charge in [0.1, 0.15) is 22.0 Å². The number of benzene rings is 2. The van der Waals surface area contributed by atoms with Gasteiger partial charge in [0.05, 0.1) is 10.2 Å². The predicted molar refractivity (Wildman–Crippen MR) is 117 cm³/mol. The first kappa shape index (κ1) is 19.0. The minimum atomic E-state index is -1.17. The fourth-order valence-corrected chi connectivity index (χ4v) is 5.55. The zero-order valence-corrected chi connectivity index (χ0v) is 17.5. The summed E-state index contributed by atoms with van der Waals surface area (Å²) in [6.45, 7) is 0.241. The number of hydrogen-bond acceptors (Lipinski definition) is 6. The van der Waals surface area contributed by atoms with E-state index in [-0.39, 0.29) is 6.61 Å². The summed E-state index contributed by atoms with van der Waals surface area (Å²) in [5.41, 5.74) is -0.250. The minimum Gasteiger partial charge on any atom is -0.484 e. The second-order valence-corrected chi connectivity index (χ2v) is 9.48. The van der Waals surface area contributed by atoms with Gasteiger partial charge in [-0.25, -0.2) is 9.78 Å². The lowest BCUT2D eigenvalue weighted by atomic mass is 9.76. The zero-order valence-electron chi connectivity index (χ0n) is 15.9. The number of thiophene rings is 1. The summed E-state index contributed by atoms with van der Waals surface area (Å²) in [4.78, 5) is 29.7. The van der Waals surface area contributed by atoms with E-state index in [1.54, 1.807) is 11.3 Å². The molecule has 0 bridgehead atoms. The first-order valence-corrected chi connectivity index (χ1v) is 11.2. The number of carbonyl (C=O) groups is 2. The number of hydrogen-bond donors (Lipinski definition) is 2. The normalized spacial score (nSPS) is 15.1. The molecule has 2 aromatic carbocycles. The average molecular weight is 439 g/mol. The number of aromatic nitrogens is 1. The van der Waals surface area contributed by atoms with Crippen LogP contribution in [0.3, 0.4) is 0 Å². The average Bonchev–Trinajstić information content (AvgIpc) is 3.29. The van der Waals surface area contributed by atoms with Crippen LogP contribution in [0.2, 0.25) is 0 Å². The lowest BCUT2D eigenvalue weighted by Gasteiger charge is -2.38. The molecule has 8 heteroatoms. The number of aliphatic carboxylic acids is 1. The number of amides is 1. The molecule has 0 saturated heterocycles. The third kappa shape index (κ3) is 3.22. The van der Waals surface area contributed by atoms with Crippen molar-refractivity contribution < 1.29 is 19.4 Å². The number of nitrogens with zero attached hydrogens (tertiary/aromatic N) is 1. The lowest BCUT2D eigenvalue weighted by Crippen LogP contribution is -2.59. The first-order valence-electron chi connectivity index (χ1n) is 9.60. The molecule has 1 amide bonds. The molecular formula is C22H18N2O4S2. The van der Waals surface area contributed by atoms with E-state index in [0.717, 1.165) is 31.7 Å². The van der Waals surface area contributed by atoms with E-state index in [9.17, 15) is 14.7 Å². The Morgan fingerprint density at radius 2 is 1.80 bits per heavy atom. The monoisotopic (exact) mass is 438 g/mol. The number of carbonyl (C=O) groups excluding carboxylic acids is 1. The van der Waals surface area contributed by atoms with Crippen LogP contribution < -0.4 is 10.1 Å². The van der Waals surface area contributed by atoms with Gasteiger partial charge in [-0.15, -0.1) is 22.7 Å². The van der Waals surface area contributed by atoms with Crippen molar-refractivity contribution in [1.82, 2.24) is 10.3 Å². The molecule has 6 nitrogen and oxygen atoms in total. The number of thiazole rings is 1. The number of ether oxygens (including phenoxy) is 1. The number of carboxylic acids is 1. The van der Waals surface area contributed by atoms with Crippen molar-refractivity contribution in [3.05, 3.63) is 58.4 Å². The molecule has 5 rings (SSSR count). The molecule has 0 radical (unpaired) electrons. The van der Waals surface area contributed by atoms with Crippen molar-refractivity contribution in [1.29, 1.82) is 0 Å². The van der Waals surface area contributed by atoms with Crippen LogP contribution in [0.15, 0.2) is 48.5 Å². The summed E-state index contributed by atoms with van der Waals surface area (Å²) in [6.07, 6.45) is 1.68. The van der Waals surface area contributed by atoms with Crippen LogP contribution in [0.5, 0.6) is 5.75 Å². The van der Waals surface area contributed by atoms with Crippen molar-refractivity contribution in [3.63, 3.8) is 0 Å². The van der Waals surface area contributed by atoms with Crippen LogP contribution >= 0.6 is 22.7 Å². The summed E-state index contributed by atoms with van der Waals surface area (Å²) >= 11 is 2.87. The van der Waals surface area contributed by atoms with Gasteiger partial charge < -0.3 is 15.2 Å². The largest absolute Gasteiger partial charge is 0.484 e. The van der Waals surface area contributed by atoms with E-state index < -0.39 is 17.4 Å². The molecule has 0 unspecified atom stereocenters. The Morgan fingerprint density at radius 3 is 2.50 bits per heavy atom. The van der Waals surface area contributed by atoms with Gasteiger partial charge in [0.2, 0.25) is 0 Å². The van der Waals surface area contributed by atoms with E-state index >= 15 is 0 Å². The maximum Gasteiger partial charge on any atom is 0.329 e. The highest BCUT2D eigenvalue weighted by atomic mass is 32.1. The fraction of sp³-hybridized carbons (Fsp3) is 0.227. The first-order chi connectivity index (χ1) is 14.6. The van der Waals surface area contributed by atoms with Crippen molar-refractivity contribution in [2.75, 3.05) is 0 Å². The van der Waals surface area contributed by atoms with E-state index in [1.165, 1.54) is 11.3 Å². The number of nitrogens with one attached hydrogen (secondary N) is 1. The van der Waals surface area contributed by atoms with Crippen LogP contribution in [0.1, 0.15) is 33.9 Å². The molecule has 30 heavy (non-hydrogen) atoms. The van der Waals surface area contributed by atoms with Crippen molar-refractivity contribution in [2.24, 2.45) is 0 Å². The Bertz CT molecular complexity index is 1240. The van der Waals surface area contributed by atoms with Gasteiger partial charge in [-0.3, -0.25) is 4.79 Å².